The number of nitriles is 1. The molecule has 1 aliphatic carbocycles. The summed E-state index contributed by atoms with van der Waals surface area (Å²) >= 11 is 0. The Bertz CT molecular complexity index is 559. The van der Waals surface area contributed by atoms with Gasteiger partial charge in [0.25, 0.3) is 0 Å². The molecule has 0 heterocycles. The van der Waals surface area contributed by atoms with Crippen LogP contribution in [0.3, 0.4) is 0 Å². The van der Waals surface area contributed by atoms with Gasteiger partial charge >= 0.3 is 0 Å². The van der Waals surface area contributed by atoms with Gasteiger partial charge in [-0.05, 0) is 47.2 Å². The molecule has 2 aromatic carbocycles. The van der Waals surface area contributed by atoms with Crippen molar-refractivity contribution in [1.29, 1.82) is 5.26 Å². The molecule has 3 rings (SSSR count). The van der Waals surface area contributed by atoms with Crippen LogP contribution < -0.4 is 0 Å². The molecule has 0 spiro atoms. The number of nitrogens with zero attached hydrogens (tertiary/aromatic N) is 1. The summed E-state index contributed by atoms with van der Waals surface area (Å²) in [5.74, 6) is 0.796. The van der Waals surface area contributed by atoms with Gasteiger partial charge in [-0.3, -0.25) is 0 Å². The van der Waals surface area contributed by atoms with E-state index in [1.165, 1.54) is 29.2 Å². The maximum Gasteiger partial charge on any atom is 0.0991 e. The third-order valence-corrected chi connectivity index (χ3v) is 3.04. The summed E-state index contributed by atoms with van der Waals surface area (Å²) in [6.45, 7) is 0. The van der Waals surface area contributed by atoms with Crippen LogP contribution in [-0.4, -0.2) is 0 Å². The van der Waals surface area contributed by atoms with Crippen molar-refractivity contribution in [3.63, 3.8) is 0 Å². The van der Waals surface area contributed by atoms with Crippen molar-refractivity contribution in [1.82, 2.24) is 0 Å². The molecule has 1 fully saturated rings. The Morgan fingerprint density at radius 3 is 2.47 bits per heavy atom. The van der Waals surface area contributed by atoms with Gasteiger partial charge in [-0.1, -0.05) is 24.3 Å². The minimum atomic E-state index is 0.738. The van der Waals surface area contributed by atoms with E-state index in [9.17, 15) is 0 Å². The second-order valence-corrected chi connectivity index (χ2v) is 4.21. The van der Waals surface area contributed by atoms with Gasteiger partial charge in [0.05, 0.1) is 11.6 Å². The van der Waals surface area contributed by atoms with Crippen LogP contribution in [0.4, 0.5) is 0 Å². The number of fused-ring (bicyclic) bond motifs is 1. The van der Waals surface area contributed by atoms with Crippen molar-refractivity contribution in [2.45, 2.75) is 18.8 Å². The van der Waals surface area contributed by atoms with E-state index in [2.05, 4.69) is 24.3 Å². The van der Waals surface area contributed by atoms with Crippen molar-refractivity contribution < 1.29 is 0 Å². The zero-order chi connectivity index (χ0) is 10.3. The van der Waals surface area contributed by atoms with E-state index in [0.717, 1.165) is 11.5 Å². The van der Waals surface area contributed by atoms with Crippen molar-refractivity contribution in [2.75, 3.05) is 0 Å². The molecule has 0 aromatic heterocycles. The third-order valence-electron chi connectivity index (χ3n) is 3.04. The van der Waals surface area contributed by atoms with Crippen LogP contribution in [0.25, 0.3) is 10.8 Å². The van der Waals surface area contributed by atoms with E-state index in [1.807, 2.05) is 18.2 Å². The molecule has 0 aliphatic heterocycles. The van der Waals surface area contributed by atoms with Crippen molar-refractivity contribution in [2.24, 2.45) is 0 Å². The van der Waals surface area contributed by atoms with Crippen molar-refractivity contribution >= 4 is 10.8 Å². The van der Waals surface area contributed by atoms with E-state index in [-0.39, 0.29) is 0 Å². The second kappa shape index (κ2) is 3.10. The Morgan fingerprint density at radius 1 is 1.00 bits per heavy atom. The summed E-state index contributed by atoms with van der Waals surface area (Å²) in [6.07, 6.45) is 2.67. The molecule has 0 radical (unpaired) electrons. The Morgan fingerprint density at radius 2 is 1.73 bits per heavy atom. The smallest absolute Gasteiger partial charge is 0.0991 e. The summed E-state index contributed by atoms with van der Waals surface area (Å²) < 4.78 is 0. The molecule has 1 saturated carbocycles. The fraction of sp³-hybridized carbons (Fsp3) is 0.214. The minimum Gasteiger partial charge on any atom is -0.192 e. The van der Waals surface area contributed by atoms with E-state index < -0.39 is 0 Å². The summed E-state index contributed by atoms with van der Waals surface area (Å²) in [7, 11) is 0. The molecule has 0 saturated heterocycles. The fourth-order valence-electron chi connectivity index (χ4n) is 2.00. The van der Waals surface area contributed by atoms with Crippen LogP contribution in [0.1, 0.15) is 29.9 Å². The van der Waals surface area contributed by atoms with Crippen LogP contribution in [-0.2, 0) is 0 Å². The average Bonchev–Trinajstić information content (AvgIpc) is 3.11. The van der Waals surface area contributed by atoms with Crippen LogP contribution in [0.2, 0.25) is 0 Å². The molecule has 0 unspecified atom stereocenters. The molecule has 1 aliphatic rings. The first kappa shape index (κ1) is 8.49. The van der Waals surface area contributed by atoms with Gasteiger partial charge < -0.3 is 0 Å². The normalized spacial score (nSPS) is 15.1. The van der Waals surface area contributed by atoms with Crippen molar-refractivity contribution in [3.05, 3.63) is 47.5 Å². The van der Waals surface area contributed by atoms with E-state index in [0.29, 0.717) is 0 Å². The molecule has 2 aromatic rings. The Labute approximate surface area is 89.0 Å². The van der Waals surface area contributed by atoms with Crippen molar-refractivity contribution in [3.8, 4) is 6.07 Å². The Hall–Kier alpha value is -1.81. The van der Waals surface area contributed by atoms with Gasteiger partial charge in [0.1, 0.15) is 0 Å². The largest absolute Gasteiger partial charge is 0.192 e. The monoisotopic (exact) mass is 193 g/mol. The van der Waals surface area contributed by atoms with Gasteiger partial charge in [-0.25, -0.2) is 0 Å². The molecular weight excluding hydrogens is 182 g/mol. The lowest BCUT2D eigenvalue weighted by molar-refractivity contribution is 1.14. The first-order valence-electron chi connectivity index (χ1n) is 5.30. The van der Waals surface area contributed by atoms with Gasteiger partial charge in [-0.2, -0.15) is 5.26 Å². The number of hydrogen-bond donors (Lipinski definition) is 0. The topological polar surface area (TPSA) is 23.8 Å². The summed E-state index contributed by atoms with van der Waals surface area (Å²) in [5.41, 5.74) is 2.19. The molecule has 1 nitrogen and oxygen atoms in total. The number of hydrogen-bond acceptors (Lipinski definition) is 1. The van der Waals surface area contributed by atoms with E-state index in [4.69, 9.17) is 5.26 Å². The van der Waals surface area contributed by atoms with Crippen LogP contribution >= 0.6 is 0 Å². The Kier molecular flexibility index (Phi) is 1.76. The van der Waals surface area contributed by atoms with Gasteiger partial charge in [0.2, 0.25) is 0 Å². The highest BCUT2D eigenvalue weighted by Crippen LogP contribution is 2.40. The van der Waals surface area contributed by atoms with Crippen LogP contribution in [0.5, 0.6) is 0 Å². The zero-order valence-electron chi connectivity index (χ0n) is 8.40. The maximum atomic E-state index is 8.80. The predicted molar refractivity (Wildman–Crippen MR) is 60.6 cm³/mol. The quantitative estimate of drug-likeness (QED) is 0.679. The fourth-order valence-corrected chi connectivity index (χ4v) is 2.00. The molecule has 0 N–H and O–H groups in total. The Balaban J connectivity index is 2.16. The number of benzene rings is 2. The summed E-state index contributed by atoms with van der Waals surface area (Å²) in [6, 6.07) is 14.6. The van der Waals surface area contributed by atoms with Crippen LogP contribution in [0, 0.1) is 11.3 Å². The summed E-state index contributed by atoms with van der Waals surface area (Å²) in [4.78, 5) is 0. The first-order chi connectivity index (χ1) is 7.36. The lowest BCUT2D eigenvalue weighted by atomic mass is 10.0. The third kappa shape index (κ3) is 1.49. The molecule has 0 amide bonds. The van der Waals surface area contributed by atoms with Crippen LogP contribution in [0.15, 0.2) is 36.4 Å². The highest BCUT2D eigenvalue weighted by molar-refractivity contribution is 5.84. The molecule has 1 heteroatoms. The van der Waals surface area contributed by atoms with E-state index >= 15 is 0 Å². The summed E-state index contributed by atoms with van der Waals surface area (Å²) in [5, 5.41) is 11.2. The van der Waals surface area contributed by atoms with Gasteiger partial charge in [0, 0.05) is 0 Å². The molecule has 72 valence electrons. The molecular formula is C14H11N. The lowest BCUT2D eigenvalue weighted by Gasteiger charge is -2.02. The SMILES string of the molecule is N#Cc1ccc2cc(C3CC3)ccc2c1. The van der Waals surface area contributed by atoms with E-state index in [1.54, 1.807) is 0 Å². The predicted octanol–water partition coefficient (Wildman–Crippen LogP) is 3.59. The first-order valence-corrected chi connectivity index (χ1v) is 5.30. The molecule has 0 bridgehead atoms. The minimum absolute atomic E-state index is 0.738. The second-order valence-electron chi connectivity index (χ2n) is 4.21. The molecule has 0 atom stereocenters. The molecule has 15 heavy (non-hydrogen) atoms. The lowest BCUT2D eigenvalue weighted by Crippen LogP contribution is -1.81. The van der Waals surface area contributed by atoms with Gasteiger partial charge in [0.15, 0.2) is 0 Å². The standard InChI is InChI=1S/C14H11N/c15-9-10-1-2-14-8-13(11-3-4-11)6-5-12(14)7-10/h1-2,5-8,11H,3-4H2. The maximum absolute atomic E-state index is 8.80. The highest BCUT2D eigenvalue weighted by Gasteiger charge is 2.23. The number of rotatable bonds is 1. The van der Waals surface area contributed by atoms with Gasteiger partial charge in [-0.15, -0.1) is 0 Å². The zero-order valence-corrected chi connectivity index (χ0v) is 8.40. The average molecular weight is 193 g/mol. The highest BCUT2D eigenvalue weighted by atomic mass is 14.3.